The van der Waals surface area contributed by atoms with Gasteiger partial charge < -0.3 is 20.4 Å². The van der Waals surface area contributed by atoms with Gasteiger partial charge in [0.05, 0.1) is 0 Å². The molecule has 1 saturated heterocycles. The van der Waals surface area contributed by atoms with E-state index in [0.29, 0.717) is 12.0 Å². The molecule has 0 aliphatic carbocycles. The van der Waals surface area contributed by atoms with Gasteiger partial charge in [-0.15, -0.1) is 0 Å². The smallest absolute Gasteiger partial charge is 0.222 e. The summed E-state index contributed by atoms with van der Waals surface area (Å²) in [7, 11) is 1.99. The Morgan fingerprint density at radius 1 is 1.32 bits per heavy atom. The number of para-hydroxylation sites is 1. The highest BCUT2D eigenvalue weighted by Crippen LogP contribution is 2.35. The number of nitrogens with zero attached hydrogens (tertiary/aromatic N) is 3. The Labute approximate surface area is 128 Å². The molecule has 114 valence electrons. The van der Waals surface area contributed by atoms with Crippen molar-refractivity contribution >= 4 is 33.8 Å². The highest BCUT2D eigenvalue weighted by atomic mass is 16.3. The first-order chi connectivity index (χ1) is 10.7. The van der Waals surface area contributed by atoms with E-state index in [1.807, 2.05) is 32.2 Å². The van der Waals surface area contributed by atoms with Gasteiger partial charge in [-0.2, -0.15) is 4.98 Å². The number of nitrogens with one attached hydrogen (secondary N) is 1. The Morgan fingerprint density at radius 2 is 2.18 bits per heavy atom. The lowest BCUT2D eigenvalue weighted by molar-refractivity contribution is 0.615. The van der Waals surface area contributed by atoms with E-state index < -0.39 is 0 Å². The van der Waals surface area contributed by atoms with Crippen molar-refractivity contribution in [1.82, 2.24) is 15.3 Å². The number of hydrogen-bond acceptors (Lipinski definition) is 6. The second kappa shape index (κ2) is 4.84. The van der Waals surface area contributed by atoms with E-state index in [9.17, 15) is 0 Å². The number of benzene rings is 1. The molecule has 0 amide bonds. The zero-order chi connectivity index (χ0) is 15.3. The maximum Gasteiger partial charge on any atom is 0.222 e. The minimum Gasteiger partial charge on any atom is -0.450 e. The van der Waals surface area contributed by atoms with E-state index in [2.05, 4.69) is 20.2 Å². The van der Waals surface area contributed by atoms with E-state index in [1.54, 1.807) is 0 Å². The summed E-state index contributed by atoms with van der Waals surface area (Å²) in [6.07, 6.45) is 1.08. The third-order valence-corrected chi connectivity index (χ3v) is 4.43. The monoisotopic (exact) mass is 297 g/mol. The van der Waals surface area contributed by atoms with E-state index >= 15 is 0 Å². The Hall–Kier alpha value is -2.34. The third-order valence-electron chi connectivity index (χ3n) is 4.43. The first kappa shape index (κ1) is 13.3. The quantitative estimate of drug-likeness (QED) is 0.753. The minimum atomic E-state index is 0.291. The number of aryl methyl sites for hydroxylation is 1. The van der Waals surface area contributed by atoms with E-state index in [4.69, 9.17) is 10.2 Å². The zero-order valence-corrected chi connectivity index (χ0v) is 12.8. The van der Waals surface area contributed by atoms with Crippen LogP contribution in [-0.2, 0) is 0 Å². The van der Waals surface area contributed by atoms with Crippen LogP contribution < -0.4 is 16.0 Å². The number of nitrogens with two attached hydrogens (primary N) is 1. The van der Waals surface area contributed by atoms with Crippen molar-refractivity contribution in [2.75, 3.05) is 30.8 Å². The van der Waals surface area contributed by atoms with Crippen LogP contribution in [0.3, 0.4) is 0 Å². The molecule has 6 heteroatoms. The molecule has 1 aliphatic rings. The number of anilines is 2. The SMILES string of the molecule is CN[C@@H]1CCN(c2nc(N)nc3c2oc2c(C)cccc23)C1. The summed E-state index contributed by atoms with van der Waals surface area (Å²) in [4.78, 5) is 11.1. The van der Waals surface area contributed by atoms with Crippen LogP contribution in [-0.4, -0.2) is 36.1 Å². The third kappa shape index (κ3) is 1.91. The van der Waals surface area contributed by atoms with Gasteiger partial charge in [-0.05, 0) is 32.0 Å². The number of nitrogen functional groups attached to an aromatic ring is 1. The molecule has 0 bridgehead atoms. The summed E-state index contributed by atoms with van der Waals surface area (Å²) < 4.78 is 6.11. The van der Waals surface area contributed by atoms with Gasteiger partial charge in [0.25, 0.3) is 0 Å². The second-order valence-corrected chi connectivity index (χ2v) is 5.86. The molecule has 4 rings (SSSR count). The standard InChI is InChI=1S/C16H19N5O/c1-9-4-3-5-11-12-14(22-13(9)11)15(20-16(17)19-12)21-7-6-10(8-21)18-2/h3-5,10,18H,6-8H2,1-2H3,(H2,17,19,20)/t10-/m1/s1. The summed E-state index contributed by atoms with van der Waals surface area (Å²) in [6.45, 7) is 3.87. The second-order valence-electron chi connectivity index (χ2n) is 5.86. The number of hydrogen-bond donors (Lipinski definition) is 2. The fraction of sp³-hybridized carbons (Fsp3) is 0.375. The molecule has 1 atom stereocenters. The highest BCUT2D eigenvalue weighted by molar-refractivity contribution is 6.07. The maximum atomic E-state index is 6.11. The number of likely N-dealkylation sites (N-methyl/N-ethyl adjacent to an activating group) is 1. The predicted octanol–water partition coefficient (Wildman–Crippen LogP) is 2.06. The van der Waals surface area contributed by atoms with Gasteiger partial charge in [0.2, 0.25) is 5.95 Å². The van der Waals surface area contributed by atoms with Crippen molar-refractivity contribution in [1.29, 1.82) is 0 Å². The van der Waals surface area contributed by atoms with Crippen LogP contribution in [0, 0.1) is 6.92 Å². The summed E-state index contributed by atoms with van der Waals surface area (Å²) in [5, 5.41) is 4.31. The van der Waals surface area contributed by atoms with Crippen molar-refractivity contribution in [3.05, 3.63) is 23.8 Å². The summed E-state index contributed by atoms with van der Waals surface area (Å²) in [5.74, 6) is 1.09. The molecule has 0 saturated carbocycles. The molecule has 1 aromatic carbocycles. The average Bonchev–Trinajstić information content (AvgIpc) is 3.12. The summed E-state index contributed by atoms with van der Waals surface area (Å²) >= 11 is 0. The van der Waals surface area contributed by atoms with Crippen LogP contribution in [0.5, 0.6) is 0 Å². The van der Waals surface area contributed by atoms with Crippen molar-refractivity contribution in [3.8, 4) is 0 Å². The molecular weight excluding hydrogens is 278 g/mol. The molecule has 2 aromatic heterocycles. The first-order valence-corrected chi connectivity index (χ1v) is 7.55. The molecule has 3 heterocycles. The van der Waals surface area contributed by atoms with E-state index in [-0.39, 0.29) is 0 Å². The number of rotatable bonds is 2. The Morgan fingerprint density at radius 3 is 2.95 bits per heavy atom. The molecule has 0 spiro atoms. The van der Waals surface area contributed by atoms with Crippen LogP contribution in [0.25, 0.3) is 22.1 Å². The predicted molar refractivity (Wildman–Crippen MR) is 88.1 cm³/mol. The number of furan rings is 1. The Bertz CT molecular complexity index is 856. The largest absolute Gasteiger partial charge is 0.450 e. The van der Waals surface area contributed by atoms with Crippen molar-refractivity contribution < 1.29 is 4.42 Å². The highest BCUT2D eigenvalue weighted by Gasteiger charge is 2.26. The van der Waals surface area contributed by atoms with Gasteiger partial charge in [0, 0.05) is 24.5 Å². The molecule has 1 aliphatic heterocycles. The minimum absolute atomic E-state index is 0.291. The summed E-state index contributed by atoms with van der Waals surface area (Å²) in [5.41, 5.74) is 9.43. The van der Waals surface area contributed by atoms with Gasteiger partial charge in [-0.1, -0.05) is 12.1 Å². The molecule has 6 nitrogen and oxygen atoms in total. The fourth-order valence-electron chi connectivity index (χ4n) is 3.21. The molecule has 1 fully saturated rings. The van der Waals surface area contributed by atoms with Crippen LogP contribution in [0.2, 0.25) is 0 Å². The van der Waals surface area contributed by atoms with Gasteiger partial charge in [0.1, 0.15) is 11.1 Å². The average molecular weight is 297 g/mol. The molecule has 22 heavy (non-hydrogen) atoms. The molecule has 3 N–H and O–H groups in total. The Kier molecular flexibility index (Phi) is 2.94. The van der Waals surface area contributed by atoms with Crippen LogP contribution in [0.4, 0.5) is 11.8 Å². The van der Waals surface area contributed by atoms with E-state index in [1.165, 1.54) is 0 Å². The van der Waals surface area contributed by atoms with Gasteiger partial charge in [-0.3, -0.25) is 0 Å². The van der Waals surface area contributed by atoms with Crippen molar-refractivity contribution in [3.63, 3.8) is 0 Å². The van der Waals surface area contributed by atoms with E-state index in [0.717, 1.165) is 53.0 Å². The van der Waals surface area contributed by atoms with Gasteiger partial charge in [-0.25, -0.2) is 4.98 Å². The topological polar surface area (TPSA) is 80.2 Å². The molecule has 0 unspecified atom stereocenters. The van der Waals surface area contributed by atoms with Crippen molar-refractivity contribution in [2.24, 2.45) is 0 Å². The fourth-order valence-corrected chi connectivity index (χ4v) is 3.21. The maximum absolute atomic E-state index is 6.11. The number of aromatic nitrogens is 2. The number of fused-ring (bicyclic) bond motifs is 3. The Balaban J connectivity index is 1.95. The van der Waals surface area contributed by atoms with Crippen LogP contribution in [0.1, 0.15) is 12.0 Å². The normalized spacial score (nSPS) is 18.6. The molecule has 3 aromatic rings. The lowest BCUT2D eigenvalue weighted by atomic mass is 10.1. The first-order valence-electron chi connectivity index (χ1n) is 7.55. The van der Waals surface area contributed by atoms with Crippen LogP contribution in [0.15, 0.2) is 22.6 Å². The molecule has 0 radical (unpaired) electrons. The lowest BCUT2D eigenvalue weighted by Gasteiger charge is -2.17. The van der Waals surface area contributed by atoms with Crippen LogP contribution >= 0.6 is 0 Å². The zero-order valence-electron chi connectivity index (χ0n) is 12.8. The lowest BCUT2D eigenvalue weighted by Crippen LogP contribution is -2.30. The van der Waals surface area contributed by atoms with Crippen molar-refractivity contribution in [2.45, 2.75) is 19.4 Å². The van der Waals surface area contributed by atoms with Gasteiger partial charge >= 0.3 is 0 Å². The molecular formula is C16H19N5O. The summed E-state index contributed by atoms with van der Waals surface area (Å²) in [6, 6.07) is 6.54. The van der Waals surface area contributed by atoms with Gasteiger partial charge in [0.15, 0.2) is 11.4 Å².